The lowest BCUT2D eigenvalue weighted by molar-refractivity contribution is 0.00329. The van der Waals surface area contributed by atoms with Crippen molar-refractivity contribution in [1.29, 1.82) is 0 Å². The van der Waals surface area contributed by atoms with Crippen LogP contribution >= 0.6 is 0 Å². The van der Waals surface area contributed by atoms with Gasteiger partial charge in [-0.25, -0.2) is 4.68 Å². The number of hydrogen-bond donors (Lipinski definition) is 1. The molecular formula is C28H39N3O5. The number of ether oxygens (including phenoxy) is 4. The molecule has 0 saturated heterocycles. The fraction of sp³-hybridized carbons (Fsp3) is 0.464. The molecule has 1 heterocycles. The van der Waals surface area contributed by atoms with Crippen LogP contribution in [0.4, 0.5) is 0 Å². The van der Waals surface area contributed by atoms with Crippen molar-refractivity contribution in [3.05, 3.63) is 60.2 Å². The highest BCUT2D eigenvalue weighted by Crippen LogP contribution is 2.34. The third kappa shape index (κ3) is 8.06. The van der Waals surface area contributed by atoms with Crippen molar-refractivity contribution in [2.24, 2.45) is 13.0 Å². The molecule has 1 atom stereocenters. The van der Waals surface area contributed by atoms with E-state index >= 15 is 0 Å². The number of methoxy groups -OCH3 is 2. The average molecular weight is 498 g/mol. The zero-order valence-corrected chi connectivity index (χ0v) is 22.0. The van der Waals surface area contributed by atoms with Gasteiger partial charge in [0.2, 0.25) is 5.88 Å². The minimum absolute atomic E-state index is 0.287. The summed E-state index contributed by atoms with van der Waals surface area (Å²) in [4.78, 5) is 2.15. The van der Waals surface area contributed by atoms with Crippen LogP contribution in [0.25, 0.3) is 11.3 Å². The molecule has 0 saturated carbocycles. The largest absolute Gasteiger partial charge is 0.497 e. The number of aliphatic hydroxyl groups excluding tert-OH is 1. The van der Waals surface area contributed by atoms with Gasteiger partial charge in [-0.15, -0.1) is 0 Å². The first-order chi connectivity index (χ1) is 17.4. The Morgan fingerprint density at radius 3 is 2.31 bits per heavy atom. The Balaban J connectivity index is 1.89. The van der Waals surface area contributed by atoms with Gasteiger partial charge in [-0.1, -0.05) is 44.2 Å². The third-order valence-corrected chi connectivity index (χ3v) is 5.63. The maximum absolute atomic E-state index is 10.7. The Bertz CT molecular complexity index is 1040. The molecule has 0 bridgehead atoms. The van der Waals surface area contributed by atoms with Crippen LogP contribution < -0.4 is 9.47 Å². The highest BCUT2D eigenvalue weighted by atomic mass is 16.5. The third-order valence-electron chi connectivity index (χ3n) is 5.63. The molecule has 36 heavy (non-hydrogen) atoms. The van der Waals surface area contributed by atoms with Gasteiger partial charge in [0.25, 0.3) is 0 Å². The van der Waals surface area contributed by atoms with Gasteiger partial charge in [-0.05, 0) is 30.2 Å². The highest BCUT2D eigenvalue weighted by Gasteiger charge is 2.23. The average Bonchev–Trinajstić information content (AvgIpc) is 3.18. The maximum atomic E-state index is 10.7. The van der Waals surface area contributed by atoms with Crippen LogP contribution in [0.5, 0.6) is 17.4 Å². The van der Waals surface area contributed by atoms with Crippen LogP contribution in [0, 0.1) is 5.92 Å². The number of aromatic nitrogens is 2. The van der Waals surface area contributed by atoms with E-state index in [4.69, 9.17) is 24.0 Å². The van der Waals surface area contributed by atoms with Crippen LogP contribution in [-0.2, 0) is 23.1 Å². The Morgan fingerprint density at radius 2 is 1.67 bits per heavy atom. The molecule has 3 rings (SSSR count). The van der Waals surface area contributed by atoms with Gasteiger partial charge in [0.05, 0.1) is 32.0 Å². The van der Waals surface area contributed by atoms with Gasteiger partial charge in [-0.3, -0.25) is 4.90 Å². The zero-order chi connectivity index (χ0) is 25.9. The van der Waals surface area contributed by atoms with E-state index in [0.29, 0.717) is 50.4 Å². The van der Waals surface area contributed by atoms with Crippen LogP contribution in [0.1, 0.15) is 19.4 Å². The van der Waals surface area contributed by atoms with Crippen LogP contribution in [0.15, 0.2) is 54.6 Å². The Labute approximate surface area is 214 Å². The number of aryl methyl sites for hydroxylation is 1. The van der Waals surface area contributed by atoms with E-state index in [1.807, 2.05) is 61.6 Å². The first kappa shape index (κ1) is 27.7. The lowest BCUT2D eigenvalue weighted by Crippen LogP contribution is -2.37. The first-order valence-corrected chi connectivity index (χ1v) is 12.3. The summed E-state index contributed by atoms with van der Waals surface area (Å²) in [6, 6.07) is 17.5. The van der Waals surface area contributed by atoms with Gasteiger partial charge in [-0.2, -0.15) is 5.10 Å². The van der Waals surface area contributed by atoms with Crippen molar-refractivity contribution in [3.8, 4) is 28.6 Å². The summed E-state index contributed by atoms with van der Waals surface area (Å²) in [6.45, 7) is 7.23. The lowest BCUT2D eigenvalue weighted by Gasteiger charge is -2.25. The number of benzene rings is 2. The molecule has 0 amide bonds. The van der Waals surface area contributed by atoms with E-state index in [9.17, 15) is 5.11 Å². The van der Waals surface area contributed by atoms with E-state index in [1.165, 1.54) is 0 Å². The van der Waals surface area contributed by atoms with Gasteiger partial charge >= 0.3 is 0 Å². The molecular weight excluding hydrogens is 458 g/mol. The van der Waals surface area contributed by atoms with Crippen molar-refractivity contribution >= 4 is 0 Å². The summed E-state index contributed by atoms with van der Waals surface area (Å²) < 4.78 is 24.4. The summed E-state index contributed by atoms with van der Waals surface area (Å²) in [6.07, 6.45) is -0.622. The van der Waals surface area contributed by atoms with Crippen molar-refractivity contribution in [2.75, 3.05) is 47.1 Å². The maximum Gasteiger partial charge on any atom is 0.222 e. The standard InChI is InChI=1S/C28H39N3O5/c1-21(2)19-35-20-23(32)17-31(15-16-33-4)18-26-27(22-9-7-6-8-10-22)29-30(3)28(26)36-25-13-11-24(34-5)12-14-25/h6-14,21,23,32H,15-20H2,1-5H3. The second-order valence-corrected chi connectivity index (χ2v) is 9.21. The van der Waals surface area contributed by atoms with Crippen LogP contribution in [-0.4, -0.2) is 73.0 Å². The number of nitrogens with zero attached hydrogens (tertiary/aromatic N) is 3. The summed E-state index contributed by atoms with van der Waals surface area (Å²) in [7, 11) is 5.19. The fourth-order valence-electron chi connectivity index (χ4n) is 3.88. The number of aliphatic hydroxyl groups is 1. The Kier molecular flexibility index (Phi) is 10.8. The monoisotopic (exact) mass is 497 g/mol. The molecule has 0 aliphatic heterocycles. The van der Waals surface area contributed by atoms with Gasteiger partial charge in [0.15, 0.2) is 0 Å². The molecule has 0 fully saturated rings. The second-order valence-electron chi connectivity index (χ2n) is 9.21. The smallest absolute Gasteiger partial charge is 0.222 e. The number of hydrogen-bond acceptors (Lipinski definition) is 7. The van der Waals surface area contributed by atoms with Crippen LogP contribution in [0.3, 0.4) is 0 Å². The Morgan fingerprint density at radius 1 is 0.972 bits per heavy atom. The fourth-order valence-corrected chi connectivity index (χ4v) is 3.88. The molecule has 3 aromatic rings. The van der Waals surface area contributed by atoms with Crippen LogP contribution in [0.2, 0.25) is 0 Å². The summed E-state index contributed by atoms with van der Waals surface area (Å²) in [5, 5.41) is 15.5. The molecule has 0 aliphatic rings. The van der Waals surface area contributed by atoms with E-state index in [-0.39, 0.29) is 6.61 Å². The van der Waals surface area contributed by atoms with Crippen molar-refractivity contribution in [3.63, 3.8) is 0 Å². The molecule has 1 unspecified atom stereocenters. The lowest BCUT2D eigenvalue weighted by atomic mass is 10.1. The highest BCUT2D eigenvalue weighted by molar-refractivity contribution is 5.65. The summed E-state index contributed by atoms with van der Waals surface area (Å²) in [5.41, 5.74) is 2.78. The van der Waals surface area contributed by atoms with E-state index in [0.717, 1.165) is 22.6 Å². The summed E-state index contributed by atoms with van der Waals surface area (Å²) >= 11 is 0. The van der Waals surface area contributed by atoms with E-state index in [1.54, 1.807) is 18.9 Å². The number of rotatable bonds is 15. The molecule has 0 radical (unpaired) electrons. The normalized spacial score (nSPS) is 12.3. The SMILES string of the molecule is COCCN(Cc1c(-c2ccccc2)nn(C)c1Oc1ccc(OC)cc1)CC(O)COCC(C)C. The quantitative estimate of drug-likeness (QED) is 0.334. The molecule has 8 nitrogen and oxygen atoms in total. The Hall–Kier alpha value is -2.91. The first-order valence-electron chi connectivity index (χ1n) is 12.3. The minimum atomic E-state index is -0.622. The molecule has 196 valence electrons. The van der Waals surface area contributed by atoms with E-state index in [2.05, 4.69) is 18.7 Å². The molecule has 1 aromatic heterocycles. The predicted molar refractivity (Wildman–Crippen MR) is 141 cm³/mol. The van der Waals surface area contributed by atoms with Gasteiger partial charge in [0, 0.05) is 46.0 Å². The molecule has 1 N–H and O–H groups in total. The van der Waals surface area contributed by atoms with Crippen molar-refractivity contribution in [1.82, 2.24) is 14.7 Å². The van der Waals surface area contributed by atoms with Crippen molar-refractivity contribution in [2.45, 2.75) is 26.5 Å². The zero-order valence-electron chi connectivity index (χ0n) is 22.0. The predicted octanol–water partition coefficient (Wildman–Crippen LogP) is 4.37. The van der Waals surface area contributed by atoms with Crippen molar-refractivity contribution < 1.29 is 24.1 Å². The molecule has 2 aromatic carbocycles. The topological polar surface area (TPSA) is 78.2 Å². The summed E-state index contributed by atoms with van der Waals surface area (Å²) in [5.74, 6) is 2.51. The van der Waals surface area contributed by atoms with Gasteiger partial charge in [0.1, 0.15) is 17.2 Å². The second kappa shape index (κ2) is 14.0. The molecule has 8 heteroatoms. The van der Waals surface area contributed by atoms with Gasteiger partial charge < -0.3 is 24.1 Å². The molecule has 0 aliphatic carbocycles. The minimum Gasteiger partial charge on any atom is -0.497 e. The molecule has 0 spiro atoms. The van der Waals surface area contributed by atoms with E-state index < -0.39 is 6.10 Å².